The minimum Gasteiger partial charge on any atom is -0.394 e. The number of benzene rings is 1. The molecule has 5 N–H and O–H groups in total. The SMILES string of the molecule is CC1(C)OC2C(CO)OC(OC3C(CO)OC(OCc4ccccc4)C(O)C3O)C(O)C2O1. The zero-order chi connectivity index (χ0) is 23.8. The molecule has 33 heavy (non-hydrogen) atoms. The van der Waals surface area contributed by atoms with E-state index in [0.717, 1.165) is 5.56 Å². The van der Waals surface area contributed by atoms with Crippen LogP contribution in [0.25, 0.3) is 0 Å². The fourth-order valence-corrected chi connectivity index (χ4v) is 4.38. The van der Waals surface area contributed by atoms with Gasteiger partial charge in [-0.05, 0) is 19.4 Å². The number of hydrogen-bond donors (Lipinski definition) is 5. The van der Waals surface area contributed by atoms with E-state index in [4.69, 9.17) is 28.4 Å². The second kappa shape index (κ2) is 10.2. The summed E-state index contributed by atoms with van der Waals surface area (Å²) in [7, 11) is 0. The van der Waals surface area contributed by atoms with Gasteiger partial charge < -0.3 is 54.0 Å². The fraction of sp³-hybridized carbons (Fsp3) is 0.727. The molecule has 3 aliphatic rings. The predicted molar refractivity (Wildman–Crippen MR) is 109 cm³/mol. The summed E-state index contributed by atoms with van der Waals surface area (Å²) in [6, 6.07) is 9.21. The number of hydrogen-bond acceptors (Lipinski definition) is 11. The average molecular weight is 472 g/mol. The molecule has 11 nitrogen and oxygen atoms in total. The number of aliphatic hydroxyl groups excluding tert-OH is 5. The maximum atomic E-state index is 10.8. The lowest BCUT2D eigenvalue weighted by molar-refractivity contribution is -0.354. The maximum Gasteiger partial charge on any atom is 0.187 e. The van der Waals surface area contributed by atoms with Crippen LogP contribution >= 0.6 is 0 Å². The largest absolute Gasteiger partial charge is 0.394 e. The first-order valence-corrected chi connectivity index (χ1v) is 11.0. The molecule has 3 aliphatic heterocycles. The smallest absolute Gasteiger partial charge is 0.187 e. The van der Waals surface area contributed by atoms with Gasteiger partial charge in [0.15, 0.2) is 18.4 Å². The highest BCUT2D eigenvalue weighted by Gasteiger charge is 2.56. The van der Waals surface area contributed by atoms with E-state index in [1.807, 2.05) is 30.3 Å². The van der Waals surface area contributed by atoms with E-state index in [1.54, 1.807) is 13.8 Å². The molecule has 1 aromatic rings. The minimum atomic E-state index is -1.52. The molecule has 3 fully saturated rings. The third-order valence-electron chi connectivity index (χ3n) is 6.00. The molecular weight excluding hydrogens is 440 g/mol. The Morgan fingerprint density at radius 3 is 2.12 bits per heavy atom. The summed E-state index contributed by atoms with van der Waals surface area (Å²) in [6.45, 7) is 2.50. The van der Waals surface area contributed by atoms with Gasteiger partial charge in [-0.2, -0.15) is 0 Å². The Bertz CT molecular complexity index is 760. The standard InChI is InChI=1S/C22H32O11/c1-22(2)32-18-13(9-24)30-21(16(27)19(18)33-22)31-17-12(8-23)29-20(15(26)14(17)25)28-10-11-6-4-3-5-7-11/h3-7,12-21,23-27H,8-10H2,1-2H3. The van der Waals surface area contributed by atoms with Crippen molar-refractivity contribution in [2.45, 2.75) is 87.7 Å². The number of fused-ring (bicyclic) bond motifs is 1. The Kier molecular flexibility index (Phi) is 7.68. The van der Waals surface area contributed by atoms with Crippen molar-refractivity contribution in [3.05, 3.63) is 35.9 Å². The average Bonchev–Trinajstić information content (AvgIpc) is 3.14. The summed E-state index contributed by atoms with van der Waals surface area (Å²) in [6.07, 6.45) is -11.6. The van der Waals surface area contributed by atoms with E-state index in [1.165, 1.54) is 0 Å². The first-order chi connectivity index (χ1) is 15.7. The first kappa shape index (κ1) is 24.9. The van der Waals surface area contributed by atoms with Gasteiger partial charge in [-0.1, -0.05) is 30.3 Å². The van der Waals surface area contributed by atoms with Crippen LogP contribution in [0, 0.1) is 0 Å². The molecule has 0 bridgehead atoms. The molecule has 10 unspecified atom stereocenters. The molecule has 3 heterocycles. The molecule has 1 aromatic carbocycles. The number of aliphatic hydroxyl groups is 5. The Balaban J connectivity index is 1.43. The van der Waals surface area contributed by atoms with Crippen molar-refractivity contribution in [3.8, 4) is 0 Å². The van der Waals surface area contributed by atoms with E-state index in [-0.39, 0.29) is 6.61 Å². The monoisotopic (exact) mass is 472 g/mol. The highest BCUT2D eigenvalue weighted by molar-refractivity contribution is 5.13. The quantitative estimate of drug-likeness (QED) is 0.319. The van der Waals surface area contributed by atoms with Crippen LogP contribution in [0.4, 0.5) is 0 Å². The maximum absolute atomic E-state index is 10.8. The molecular formula is C22H32O11. The molecule has 0 saturated carbocycles. The van der Waals surface area contributed by atoms with Crippen LogP contribution in [-0.4, -0.2) is 106 Å². The van der Waals surface area contributed by atoms with Gasteiger partial charge in [0.1, 0.15) is 48.8 Å². The zero-order valence-corrected chi connectivity index (χ0v) is 18.5. The Morgan fingerprint density at radius 1 is 0.818 bits per heavy atom. The second-order valence-electron chi connectivity index (χ2n) is 8.88. The van der Waals surface area contributed by atoms with E-state index >= 15 is 0 Å². The molecule has 0 radical (unpaired) electrons. The van der Waals surface area contributed by atoms with Crippen LogP contribution in [0.1, 0.15) is 19.4 Å². The highest BCUT2D eigenvalue weighted by atomic mass is 16.8. The lowest BCUT2D eigenvalue weighted by Crippen LogP contribution is -2.64. The van der Waals surface area contributed by atoms with Crippen LogP contribution in [0.2, 0.25) is 0 Å². The van der Waals surface area contributed by atoms with Gasteiger partial charge >= 0.3 is 0 Å². The van der Waals surface area contributed by atoms with Gasteiger partial charge in [0, 0.05) is 0 Å². The molecule has 10 atom stereocenters. The van der Waals surface area contributed by atoms with Gasteiger partial charge in [0.2, 0.25) is 0 Å². The van der Waals surface area contributed by atoms with Gasteiger partial charge in [-0.3, -0.25) is 0 Å². The number of ether oxygens (including phenoxy) is 6. The molecule has 4 rings (SSSR count). The minimum absolute atomic E-state index is 0.123. The summed E-state index contributed by atoms with van der Waals surface area (Å²) in [5, 5.41) is 51.6. The normalized spacial score (nSPS) is 42.8. The van der Waals surface area contributed by atoms with Crippen LogP contribution < -0.4 is 0 Å². The summed E-state index contributed by atoms with van der Waals surface area (Å²) >= 11 is 0. The van der Waals surface area contributed by atoms with Crippen LogP contribution in [0.3, 0.4) is 0 Å². The second-order valence-corrected chi connectivity index (χ2v) is 8.88. The molecule has 0 aliphatic carbocycles. The summed E-state index contributed by atoms with van der Waals surface area (Å²) in [4.78, 5) is 0. The zero-order valence-electron chi connectivity index (χ0n) is 18.5. The van der Waals surface area contributed by atoms with E-state index in [0.29, 0.717) is 0 Å². The Labute approximate surface area is 191 Å². The lowest BCUT2D eigenvalue weighted by Gasteiger charge is -2.45. The molecule has 0 spiro atoms. The molecule has 0 amide bonds. The molecule has 0 aromatic heterocycles. The first-order valence-electron chi connectivity index (χ1n) is 11.0. The van der Waals surface area contributed by atoms with Crippen molar-refractivity contribution >= 4 is 0 Å². The summed E-state index contributed by atoms with van der Waals surface area (Å²) in [5.74, 6) is -0.997. The highest BCUT2D eigenvalue weighted by Crippen LogP contribution is 2.38. The lowest BCUT2D eigenvalue weighted by atomic mass is 9.97. The third-order valence-corrected chi connectivity index (χ3v) is 6.00. The summed E-state index contributed by atoms with van der Waals surface area (Å²) in [5.41, 5.74) is 0.840. The Morgan fingerprint density at radius 2 is 1.45 bits per heavy atom. The van der Waals surface area contributed by atoms with Gasteiger partial charge in [0.05, 0.1) is 19.8 Å². The van der Waals surface area contributed by atoms with Crippen molar-refractivity contribution in [2.75, 3.05) is 13.2 Å². The topological polar surface area (TPSA) is 157 Å². The van der Waals surface area contributed by atoms with E-state index in [9.17, 15) is 25.5 Å². The van der Waals surface area contributed by atoms with Crippen LogP contribution in [-0.2, 0) is 35.0 Å². The van der Waals surface area contributed by atoms with Gasteiger partial charge in [0.25, 0.3) is 0 Å². The van der Waals surface area contributed by atoms with Crippen molar-refractivity contribution in [2.24, 2.45) is 0 Å². The van der Waals surface area contributed by atoms with E-state index < -0.39 is 80.4 Å². The fourth-order valence-electron chi connectivity index (χ4n) is 4.38. The van der Waals surface area contributed by atoms with Crippen molar-refractivity contribution in [1.82, 2.24) is 0 Å². The predicted octanol–water partition coefficient (Wildman–Crippen LogP) is -1.37. The number of rotatable bonds is 7. The van der Waals surface area contributed by atoms with Gasteiger partial charge in [-0.15, -0.1) is 0 Å². The molecule has 3 saturated heterocycles. The summed E-state index contributed by atoms with van der Waals surface area (Å²) < 4.78 is 34.2. The Hall–Kier alpha value is -1.22. The third kappa shape index (κ3) is 5.24. The van der Waals surface area contributed by atoms with Crippen molar-refractivity contribution in [3.63, 3.8) is 0 Å². The van der Waals surface area contributed by atoms with Crippen molar-refractivity contribution < 1.29 is 54.0 Å². The van der Waals surface area contributed by atoms with Crippen LogP contribution in [0.15, 0.2) is 30.3 Å². The van der Waals surface area contributed by atoms with E-state index in [2.05, 4.69) is 0 Å². The van der Waals surface area contributed by atoms with Crippen molar-refractivity contribution in [1.29, 1.82) is 0 Å². The molecule has 11 heteroatoms. The van der Waals surface area contributed by atoms with Gasteiger partial charge in [-0.25, -0.2) is 0 Å². The molecule has 186 valence electrons. The van der Waals surface area contributed by atoms with Crippen LogP contribution in [0.5, 0.6) is 0 Å².